The molecule has 0 unspecified atom stereocenters. The van der Waals surface area contributed by atoms with Gasteiger partial charge in [0.15, 0.2) is 5.82 Å². The summed E-state index contributed by atoms with van der Waals surface area (Å²) < 4.78 is 2.08. The van der Waals surface area contributed by atoms with Crippen LogP contribution in [-0.2, 0) is 13.0 Å². The summed E-state index contributed by atoms with van der Waals surface area (Å²) in [4.78, 5) is 14.2. The first-order valence-corrected chi connectivity index (χ1v) is 7.15. The molecule has 0 aliphatic carbocycles. The highest BCUT2D eigenvalue weighted by molar-refractivity contribution is 7.16. The summed E-state index contributed by atoms with van der Waals surface area (Å²) in [6, 6.07) is 1.96. The Morgan fingerprint density at radius 3 is 3.11 bits per heavy atom. The van der Waals surface area contributed by atoms with Gasteiger partial charge in [0.05, 0.1) is 11.9 Å². The van der Waals surface area contributed by atoms with Gasteiger partial charge in [0, 0.05) is 18.8 Å². The number of hydrogen-bond acceptors (Lipinski definition) is 5. The van der Waals surface area contributed by atoms with Crippen molar-refractivity contribution in [2.75, 3.05) is 5.73 Å². The molecule has 98 valence electrons. The van der Waals surface area contributed by atoms with Gasteiger partial charge in [-0.2, -0.15) is 0 Å². The number of imidazole rings is 1. The number of anilines is 1. The number of nitrogens with zero attached hydrogens (tertiary/aromatic N) is 4. The number of hydrogen-bond donors (Lipinski definition) is 1. The molecule has 0 fully saturated rings. The number of rotatable bonds is 4. The minimum atomic E-state index is 0.554. The standard InChI is InChI=1S/C13H15N5S/c1-2-3-11-15-5-6-18(11)8-10-16-12(14)9-4-7-19-13(9)17-10/h4-7H,2-3,8H2,1H3,(H2,14,16,17). The third-order valence-corrected chi connectivity index (χ3v) is 3.79. The second-order valence-corrected chi connectivity index (χ2v) is 5.28. The lowest BCUT2D eigenvalue weighted by Crippen LogP contribution is -2.08. The van der Waals surface area contributed by atoms with Crippen LogP contribution in [0.2, 0.25) is 0 Å². The Morgan fingerprint density at radius 1 is 1.37 bits per heavy atom. The Hall–Kier alpha value is -1.95. The first-order valence-electron chi connectivity index (χ1n) is 6.27. The maximum atomic E-state index is 5.96. The highest BCUT2D eigenvalue weighted by atomic mass is 32.1. The summed E-state index contributed by atoms with van der Waals surface area (Å²) in [6.45, 7) is 2.76. The molecule has 0 saturated heterocycles. The van der Waals surface area contributed by atoms with Crippen LogP contribution in [0.5, 0.6) is 0 Å². The molecule has 3 rings (SSSR count). The van der Waals surface area contributed by atoms with E-state index < -0.39 is 0 Å². The van der Waals surface area contributed by atoms with Gasteiger partial charge in [-0.1, -0.05) is 6.92 Å². The van der Waals surface area contributed by atoms with E-state index >= 15 is 0 Å². The molecule has 3 aromatic heterocycles. The molecule has 0 saturated carbocycles. The molecule has 0 aliphatic heterocycles. The maximum Gasteiger partial charge on any atom is 0.152 e. The van der Waals surface area contributed by atoms with E-state index in [9.17, 15) is 0 Å². The van der Waals surface area contributed by atoms with Crippen LogP contribution >= 0.6 is 11.3 Å². The van der Waals surface area contributed by atoms with Gasteiger partial charge in [0.2, 0.25) is 0 Å². The van der Waals surface area contributed by atoms with Crippen molar-refractivity contribution >= 4 is 27.4 Å². The number of nitrogen functional groups attached to an aromatic ring is 1. The Labute approximate surface area is 115 Å². The summed E-state index contributed by atoms with van der Waals surface area (Å²) in [5.41, 5.74) is 5.96. The molecule has 0 spiro atoms. The predicted molar refractivity (Wildman–Crippen MR) is 77.2 cm³/mol. The maximum absolute atomic E-state index is 5.96. The van der Waals surface area contributed by atoms with Crippen LogP contribution in [0.4, 0.5) is 5.82 Å². The van der Waals surface area contributed by atoms with Gasteiger partial charge < -0.3 is 10.3 Å². The van der Waals surface area contributed by atoms with Crippen molar-refractivity contribution in [2.24, 2.45) is 0 Å². The molecule has 0 atom stereocenters. The second-order valence-electron chi connectivity index (χ2n) is 4.39. The monoisotopic (exact) mass is 273 g/mol. The van der Waals surface area contributed by atoms with E-state index in [1.807, 2.05) is 23.8 Å². The van der Waals surface area contributed by atoms with E-state index in [-0.39, 0.29) is 0 Å². The molecule has 0 radical (unpaired) electrons. The van der Waals surface area contributed by atoms with Crippen molar-refractivity contribution < 1.29 is 0 Å². The summed E-state index contributed by atoms with van der Waals surface area (Å²) in [5, 5.41) is 2.92. The molecule has 5 nitrogen and oxygen atoms in total. The lowest BCUT2D eigenvalue weighted by molar-refractivity contribution is 0.681. The number of fused-ring (bicyclic) bond motifs is 1. The number of thiophene rings is 1. The van der Waals surface area contributed by atoms with Crippen LogP contribution in [-0.4, -0.2) is 19.5 Å². The van der Waals surface area contributed by atoms with Gasteiger partial charge in [-0.15, -0.1) is 11.3 Å². The zero-order chi connectivity index (χ0) is 13.2. The Kier molecular flexibility index (Phi) is 3.16. The molecule has 0 aliphatic rings. The minimum absolute atomic E-state index is 0.554. The van der Waals surface area contributed by atoms with Gasteiger partial charge in [-0.05, 0) is 17.9 Å². The first kappa shape index (κ1) is 12.1. The van der Waals surface area contributed by atoms with Crippen LogP contribution in [0.1, 0.15) is 25.0 Å². The van der Waals surface area contributed by atoms with Gasteiger partial charge >= 0.3 is 0 Å². The van der Waals surface area contributed by atoms with Crippen molar-refractivity contribution in [3.05, 3.63) is 35.5 Å². The van der Waals surface area contributed by atoms with E-state index in [2.05, 4.69) is 26.4 Å². The molecule has 0 amide bonds. The highest BCUT2D eigenvalue weighted by Gasteiger charge is 2.08. The highest BCUT2D eigenvalue weighted by Crippen LogP contribution is 2.23. The molecule has 19 heavy (non-hydrogen) atoms. The Morgan fingerprint density at radius 2 is 2.26 bits per heavy atom. The largest absolute Gasteiger partial charge is 0.383 e. The van der Waals surface area contributed by atoms with E-state index in [1.54, 1.807) is 11.3 Å². The number of aryl methyl sites for hydroxylation is 1. The quantitative estimate of drug-likeness (QED) is 0.792. The van der Waals surface area contributed by atoms with Crippen molar-refractivity contribution in [3.63, 3.8) is 0 Å². The summed E-state index contributed by atoms with van der Waals surface area (Å²) in [5.74, 6) is 2.36. The van der Waals surface area contributed by atoms with Crippen molar-refractivity contribution in [1.82, 2.24) is 19.5 Å². The summed E-state index contributed by atoms with van der Waals surface area (Å²) in [6.07, 6.45) is 5.81. The lowest BCUT2D eigenvalue weighted by Gasteiger charge is -2.07. The average molecular weight is 273 g/mol. The fourth-order valence-corrected chi connectivity index (χ4v) is 2.87. The van der Waals surface area contributed by atoms with Crippen molar-refractivity contribution in [1.29, 1.82) is 0 Å². The van der Waals surface area contributed by atoms with Crippen molar-refractivity contribution in [3.8, 4) is 0 Å². The van der Waals surface area contributed by atoms with Crippen LogP contribution in [0.15, 0.2) is 23.8 Å². The van der Waals surface area contributed by atoms with Crippen LogP contribution in [0.25, 0.3) is 10.2 Å². The van der Waals surface area contributed by atoms with Gasteiger partial charge in [-0.25, -0.2) is 15.0 Å². The molecule has 3 aromatic rings. The zero-order valence-corrected chi connectivity index (χ0v) is 11.5. The molecule has 3 heterocycles. The van der Waals surface area contributed by atoms with E-state index in [4.69, 9.17) is 5.73 Å². The van der Waals surface area contributed by atoms with E-state index in [0.29, 0.717) is 12.4 Å². The molecule has 0 bridgehead atoms. The second kappa shape index (κ2) is 4.97. The SMILES string of the molecule is CCCc1nccn1Cc1nc(N)c2ccsc2n1. The lowest BCUT2D eigenvalue weighted by atomic mass is 10.3. The van der Waals surface area contributed by atoms with Gasteiger partial charge in [0.25, 0.3) is 0 Å². The first-order chi connectivity index (χ1) is 9.28. The normalized spacial score (nSPS) is 11.2. The zero-order valence-electron chi connectivity index (χ0n) is 10.7. The number of nitrogens with two attached hydrogens (primary N) is 1. The topological polar surface area (TPSA) is 69.6 Å². The Bertz CT molecular complexity index is 700. The fourth-order valence-electron chi connectivity index (χ4n) is 2.08. The molecular formula is C13H15N5S. The summed E-state index contributed by atoms with van der Waals surface area (Å²) in [7, 11) is 0. The molecule has 6 heteroatoms. The third-order valence-electron chi connectivity index (χ3n) is 2.99. The van der Waals surface area contributed by atoms with Crippen molar-refractivity contribution in [2.45, 2.75) is 26.3 Å². The minimum Gasteiger partial charge on any atom is -0.383 e. The predicted octanol–water partition coefficient (Wildman–Crippen LogP) is 2.47. The smallest absolute Gasteiger partial charge is 0.152 e. The molecule has 2 N–H and O–H groups in total. The summed E-state index contributed by atoms with van der Waals surface area (Å²) >= 11 is 1.59. The third kappa shape index (κ3) is 2.31. The van der Waals surface area contributed by atoms with Crippen LogP contribution in [0.3, 0.4) is 0 Å². The van der Waals surface area contributed by atoms with E-state index in [1.165, 1.54) is 0 Å². The fraction of sp³-hybridized carbons (Fsp3) is 0.308. The molecule has 0 aromatic carbocycles. The van der Waals surface area contributed by atoms with Crippen LogP contribution in [0, 0.1) is 0 Å². The van der Waals surface area contributed by atoms with Gasteiger partial charge in [0.1, 0.15) is 16.5 Å². The molecular weight excluding hydrogens is 258 g/mol. The number of aromatic nitrogens is 4. The van der Waals surface area contributed by atoms with Gasteiger partial charge in [-0.3, -0.25) is 0 Å². The van der Waals surface area contributed by atoms with E-state index in [0.717, 1.165) is 34.7 Å². The van der Waals surface area contributed by atoms with Crippen LogP contribution < -0.4 is 5.73 Å². The average Bonchev–Trinajstić information content (AvgIpc) is 3.00. The Balaban J connectivity index is 1.94.